The quantitative estimate of drug-likeness (QED) is 0.782. The Hall–Kier alpha value is -2.80. The zero-order valence-electron chi connectivity index (χ0n) is 13.2. The second kappa shape index (κ2) is 8.60. The van der Waals surface area contributed by atoms with Crippen molar-refractivity contribution < 1.29 is 9.53 Å². The molecule has 23 heavy (non-hydrogen) atoms. The highest BCUT2D eigenvalue weighted by atomic mass is 16.5. The Morgan fingerprint density at radius 3 is 2.52 bits per heavy atom. The van der Waals surface area contributed by atoms with Crippen molar-refractivity contribution in [2.24, 2.45) is 0 Å². The van der Waals surface area contributed by atoms with Crippen molar-refractivity contribution in [3.63, 3.8) is 0 Å². The van der Waals surface area contributed by atoms with Crippen LogP contribution >= 0.6 is 0 Å². The lowest BCUT2D eigenvalue weighted by atomic mass is 10.2. The number of carbonyl (C=O) groups is 1. The molecule has 2 rings (SSSR count). The lowest BCUT2D eigenvalue weighted by Gasteiger charge is -2.23. The molecule has 0 fully saturated rings. The predicted molar refractivity (Wildman–Crippen MR) is 90.4 cm³/mol. The van der Waals surface area contributed by atoms with Gasteiger partial charge in [0.2, 0.25) is 0 Å². The highest BCUT2D eigenvalue weighted by molar-refractivity contribution is 5.94. The van der Waals surface area contributed by atoms with Gasteiger partial charge in [0, 0.05) is 12.2 Å². The van der Waals surface area contributed by atoms with E-state index in [1.54, 1.807) is 29.2 Å². The first-order valence-corrected chi connectivity index (χ1v) is 7.73. The fourth-order valence-corrected chi connectivity index (χ4v) is 2.22. The molecule has 4 heteroatoms. The maximum Gasteiger partial charge on any atom is 0.264 e. The maximum atomic E-state index is 12.5. The molecule has 1 amide bonds. The monoisotopic (exact) mass is 308 g/mol. The summed E-state index contributed by atoms with van der Waals surface area (Å²) in [5.41, 5.74) is 1.29. The molecular formula is C19H20N2O2. The number of anilines is 1. The Bertz CT molecular complexity index is 677. The number of carbonyl (C=O) groups excluding carboxylic acids is 1. The Labute approximate surface area is 136 Å². The fourth-order valence-electron chi connectivity index (χ4n) is 2.22. The molecule has 0 atom stereocenters. The summed E-state index contributed by atoms with van der Waals surface area (Å²) in [6.07, 6.45) is 1.93. The molecule has 0 aliphatic heterocycles. The van der Waals surface area contributed by atoms with E-state index in [0.717, 1.165) is 18.5 Å². The van der Waals surface area contributed by atoms with E-state index in [1.807, 2.05) is 30.3 Å². The smallest absolute Gasteiger partial charge is 0.264 e. The van der Waals surface area contributed by atoms with Crippen LogP contribution in [0.3, 0.4) is 0 Å². The minimum Gasteiger partial charge on any atom is -0.482 e. The van der Waals surface area contributed by atoms with Crippen LogP contribution in [0, 0.1) is 11.3 Å². The van der Waals surface area contributed by atoms with Crippen LogP contribution in [0.25, 0.3) is 0 Å². The molecule has 0 aliphatic rings. The van der Waals surface area contributed by atoms with E-state index in [2.05, 4.69) is 13.0 Å². The highest BCUT2D eigenvalue weighted by Crippen LogP contribution is 2.18. The van der Waals surface area contributed by atoms with E-state index >= 15 is 0 Å². The second-order valence-electron chi connectivity index (χ2n) is 5.13. The standard InChI is InChI=1S/C19H20N2O2/c1-2-3-13-21(17-10-5-4-6-11-17)19(22)15-23-18-12-8-7-9-16(18)14-20/h4-12H,2-3,13,15H2,1H3. The Kier molecular flexibility index (Phi) is 6.19. The summed E-state index contributed by atoms with van der Waals surface area (Å²) in [5.74, 6) is 0.323. The molecule has 0 saturated carbocycles. The third-order valence-electron chi connectivity index (χ3n) is 3.46. The zero-order chi connectivity index (χ0) is 16.5. The van der Waals surface area contributed by atoms with Crippen LogP contribution < -0.4 is 9.64 Å². The molecule has 0 saturated heterocycles. The molecule has 4 nitrogen and oxygen atoms in total. The number of nitriles is 1. The van der Waals surface area contributed by atoms with Gasteiger partial charge in [-0.1, -0.05) is 43.7 Å². The van der Waals surface area contributed by atoms with Crippen molar-refractivity contribution >= 4 is 11.6 Å². The van der Waals surface area contributed by atoms with E-state index < -0.39 is 0 Å². The lowest BCUT2D eigenvalue weighted by Crippen LogP contribution is -2.35. The molecule has 0 unspecified atom stereocenters. The summed E-state index contributed by atoms with van der Waals surface area (Å²) in [7, 11) is 0. The van der Waals surface area contributed by atoms with Gasteiger partial charge in [0.1, 0.15) is 11.8 Å². The number of benzene rings is 2. The molecule has 2 aromatic rings. The summed E-state index contributed by atoms with van der Waals surface area (Å²) in [6, 6.07) is 18.6. The first-order chi connectivity index (χ1) is 11.3. The van der Waals surface area contributed by atoms with Crippen LogP contribution in [-0.4, -0.2) is 19.1 Å². The van der Waals surface area contributed by atoms with Crippen LogP contribution in [0.5, 0.6) is 5.75 Å². The van der Waals surface area contributed by atoms with Crippen molar-refractivity contribution in [1.29, 1.82) is 5.26 Å². The van der Waals surface area contributed by atoms with Gasteiger partial charge in [0.05, 0.1) is 5.56 Å². The molecule has 0 aromatic heterocycles. The van der Waals surface area contributed by atoms with E-state index in [4.69, 9.17) is 10.00 Å². The van der Waals surface area contributed by atoms with Crippen molar-refractivity contribution in [3.8, 4) is 11.8 Å². The number of unbranched alkanes of at least 4 members (excludes halogenated alkanes) is 1. The van der Waals surface area contributed by atoms with Crippen LogP contribution in [0.1, 0.15) is 25.3 Å². The molecule has 0 spiro atoms. The summed E-state index contributed by atoms with van der Waals surface area (Å²) >= 11 is 0. The Balaban J connectivity index is 2.07. The summed E-state index contributed by atoms with van der Waals surface area (Å²) in [5, 5.41) is 9.06. The zero-order valence-corrected chi connectivity index (χ0v) is 13.2. The van der Waals surface area contributed by atoms with Crippen molar-refractivity contribution in [2.45, 2.75) is 19.8 Å². The minimum atomic E-state index is -0.114. The first kappa shape index (κ1) is 16.6. The third-order valence-corrected chi connectivity index (χ3v) is 3.46. The lowest BCUT2D eigenvalue weighted by molar-refractivity contribution is -0.120. The summed E-state index contributed by atoms with van der Waals surface area (Å²) in [4.78, 5) is 14.3. The second-order valence-corrected chi connectivity index (χ2v) is 5.13. The average molecular weight is 308 g/mol. The summed E-state index contributed by atoms with van der Waals surface area (Å²) < 4.78 is 5.56. The maximum absolute atomic E-state index is 12.5. The van der Waals surface area contributed by atoms with Crippen LogP contribution in [0.4, 0.5) is 5.69 Å². The topological polar surface area (TPSA) is 53.3 Å². The number of ether oxygens (including phenoxy) is 1. The number of hydrogen-bond acceptors (Lipinski definition) is 3. The predicted octanol–water partition coefficient (Wildman–Crippen LogP) is 3.77. The van der Waals surface area contributed by atoms with E-state index in [-0.39, 0.29) is 12.5 Å². The van der Waals surface area contributed by atoms with Gasteiger partial charge in [0.15, 0.2) is 6.61 Å². The molecule has 0 bridgehead atoms. The highest BCUT2D eigenvalue weighted by Gasteiger charge is 2.16. The largest absolute Gasteiger partial charge is 0.482 e. The average Bonchev–Trinajstić information content (AvgIpc) is 2.61. The van der Waals surface area contributed by atoms with Crippen molar-refractivity contribution in [1.82, 2.24) is 0 Å². The van der Waals surface area contributed by atoms with Crippen molar-refractivity contribution in [3.05, 3.63) is 60.2 Å². The van der Waals surface area contributed by atoms with Crippen LogP contribution in [-0.2, 0) is 4.79 Å². The molecule has 0 heterocycles. The molecule has 118 valence electrons. The van der Waals surface area contributed by atoms with Gasteiger partial charge in [-0.3, -0.25) is 4.79 Å². The van der Waals surface area contributed by atoms with Gasteiger partial charge in [-0.2, -0.15) is 5.26 Å². The molecule has 0 radical (unpaired) electrons. The van der Waals surface area contributed by atoms with Crippen LogP contribution in [0.15, 0.2) is 54.6 Å². The van der Waals surface area contributed by atoms with Gasteiger partial charge in [-0.25, -0.2) is 0 Å². The van der Waals surface area contributed by atoms with E-state index in [9.17, 15) is 4.79 Å². The molecular weight excluding hydrogens is 288 g/mol. The van der Waals surface area contributed by atoms with Gasteiger partial charge in [-0.05, 0) is 30.7 Å². The number of rotatable bonds is 7. The van der Waals surface area contributed by atoms with Crippen molar-refractivity contribution in [2.75, 3.05) is 18.1 Å². The minimum absolute atomic E-state index is 0.0860. The SMILES string of the molecule is CCCCN(C(=O)COc1ccccc1C#N)c1ccccc1. The van der Waals surface area contributed by atoms with Crippen LogP contribution in [0.2, 0.25) is 0 Å². The number of nitrogens with zero attached hydrogens (tertiary/aromatic N) is 2. The first-order valence-electron chi connectivity index (χ1n) is 7.73. The van der Waals surface area contributed by atoms with Gasteiger partial charge in [-0.15, -0.1) is 0 Å². The summed E-state index contributed by atoms with van der Waals surface area (Å²) in [6.45, 7) is 2.66. The van der Waals surface area contributed by atoms with Gasteiger partial charge < -0.3 is 9.64 Å². The number of amides is 1. The van der Waals surface area contributed by atoms with Gasteiger partial charge in [0.25, 0.3) is 5.91 Å². The molecule has 0 aliphatic carbocycles. The Morgan fingerprint density at radius 2 is 1.83 bits per heavy atom. The number of hydrogen-bond donors (Lipinski definition) is 0. The van der Waals surface area contributed by atoms with Gasteiger partial charge >= 0.3 is 0 Å². The fraction of sp³-hybridized carbons (Fsp3) is 0.263. The molecule has 0 N–H and O–H groups in total. The Morgan fingerprint density at radius 1 is 1.13 bits per heavy atom. The number of para-hydroxylation sites is 2. The van der Waals surface area contributed by atoms with E-state index in [0.29, 0.717) is 17.9 Å². The molecule has 2 aromatic carbocycles. The van der Waals surface area contributed by atoms with E-state index in [1.165, 1.54) is 0 Å². The third kappa shape index (κ3) is 4.58. The normalized spacial score (nSPS) is 9.91.